The van der Waals surface area contributed by atoms with E-state index in [1.165, 1.54) is 37.7 Å². The molecular weight excluding hydrogens is 168 g/mol. The first-order chi connectivity index (χ1) is 6.85. The minimum absolute atomic E-state index is 0.848. The van der Waals surface area contributed by atoms with Crippen LogP contribution in [-0.4, -0.2) is 0 Å². The fourth-order valence-corrected chi connectivity index (χ4v) is 2.63. The molecule has 0 nitrogen and oxygen atoms in total. The van der Waals surface area contributed by atoms with Crippen molar-refractivity contribution in [1.29, 1.82) is 0 Å². The third-order valence-corrected chi connectivity index (χ3v) is 3.44. The van der Waals surface area contributed by atoms with Crippen LogP contribution in [0.3, 0.4) is 0 Å². The molecule has 1 atom stereocenters. The van der Waals surface area contributed by atoms with Gasteiger partial charge in [0, 0.05) is 0 Å². The third-order valence-electron chi connectivity index (χ3n) is 3.44. The zero-order chi connectivity index (χ0) is 9.97. The van der Waals surface area contributed by atoms with Crippen molar-refractivity contribution in [2.45, 2.75) is 51.9 Å². The van der Waals surface area contributed by atoms with Crippen LogP contribution in [0, 0.1) is 0 Å². The number of hydrogen-bond acceptors (Lipinski definition) is 0. The van der Waals surface area contributed by atoms with Gasteiger partial charge in [0.05, 0.1) is 0 Å². The quantitative estimate of drug-likeness (QED) is 0.670. The highest BCUT2D eigenvalue weighted by Crippen LogP contribution is 2.35. The van der Waals surface area contributed by atoms with Gasteiger partial charge in [0.2, 0.25) is 0 Å². The Hall–Kier alpha value is -0.780. The Morgan fingerprint density at radius 1 is 1.29 bits per heavy atom. The molecule has 0 heteroatoms. The lowest BCUT2D eigenvalue weighted by Gasteiger charge is -2.08. The van der Waals surface area contributed by atoms with Crippen LogP contribution in [0.25, 0.3) is 0 Å². The van der Waals surface area contributed by atoms with E-state index in [1.54, 1.807) is 11.1 Å². The van der Waals surface area contributed by atoms with Gasteiger partial charge >= 0.3 is 0 Å². The van der Waals surface area contributed by atoms with Crippen molar-refractivity contribution in [3.8, 4) is 0 Å². The Bertz CT molecular complexity index is 312. The maximum atomic E-state index is 2.44. The Balaban J connectivity index is 2.25. The highest BCUT2D eigenvalue weighted by molar-refractivity contribution is 5.38. The fraction of sp³-hybridized carbons (Fsp3) is 0.571. The SMILES string of the molecule is CCCc1ccc2c(c1)CCC2CC. The zero-order valence-electron chi connectivity index (χ0n) is 9.34. The highest BCUT2D eigenvalue weighted by atomic mass is 14.2. The molecule has 0 heterocycles. The number of rotatable bonds is 3. The molecule has 1 aliphatic rings. The largest absolute Gasteiger partial charge is 0.0651 e. The van der Waals surface area contributed by atoms with Crippen molar-refractivity contribution in [3.05, 3.63) is 34.9 Å². The molecule has 1 unspecified atom stereocenters. The molecular formula is C14H20. The summed E-state index contributed by atoms with van der Waals surface area (Å²) in [5.41, 5.74) is 4.79. The summed E-state index contributed by atoms with van der Waals surface area (Å²) in [6.07, 6.45) is 6.49. The van der Waals surface area contributed by atoms with Crippen molar-refractivity contribution in [2.75, 3.05) is 0 Å². The van der Waals surface area contributed by atoms with Crippen LogP contribution in [0.5, 0.6) is 0 Å². The molecule has 0 fully saturated rings. The molecule has 76 valence electrons. The van der Waals surface area contributed by atoms with E-state index in [9.17, 15) is 0 Å². The predicted molar refractivity (Wildman–Crippen MR) is 61.8 cm³/mol. The normalized spacial score (nSPS) is 19.7. The van der Waals surface area contributed by atoms with E-state index in [2.05, 4.69) is 32.0 Å². The van der Waals surface area contributed by atoms with Gasteiger partial charge in [0.25, 0.3) is 0 Å². The van der Waals surface area contributed by atoms with Gasteiger partial charge in [-0.2, -0.15) is 0 Å². The van der Waals surface area contributed by atoms with Crippen LogP contribution in [0.1, 0.15) is 55.7 Å². The Kier molecular flexibility index (Phi) is 2.90. The lowest BCUT2D eigenvalue weighted by Crippen LogP contribution is -1.92. The van der Waals surface area contributed by atoms with Gasteiger partial charge in [0.1, 0.15) is 0 Å². The summed E-state index contributed by atoms with van der Waals surface area (Å²) >= 11 is 0. The number of benzene rings is 1. The molecule has 0 bridgehead atoms. The molecule has 1 aromatic rings. The summed E-state index contributed by atoms with van der Waals surface area (Å²) in [6.45, 7) is 4.56. The molecule has 1 aliphatic carbocycles. The highest BCUT2D eigenvalue weighted by Gasteiger charge is 2.20. The van der Waals surface area contributed by atoms with Crippen molar-refractivity contribution in [1.82, 2.24) is 0 Å². The Morgan fingerprint density at radius 3 is 2.86 bits per heavy atom. The van der Waals surface area contributed by atoms with E-state index in [0.717, 1.165) is 5.92 Å². The second kappa shape index (κ2) is 4.16. The molecule has 0 aromatic heterocycles. The standard InChI is InChI=1S/C14H20/c1-3-5-11-6-9-14-12(4-2)7-8-13(14)10-11/h6,9-10,12H,3-5,7-8H2,1-2H3. The van der Waals surface area contributed by atoms with Crippen LogP contribution >= 0.6 is 0 Å². The molecule has 0 amide bonds. The molecule has 0 saturated heterocycles. The number of aryl methyl sites for hydroxylation is 2. The molecule has 0 saturated carbocycles. The lowest BCUT2D eigenvalue weighted by molar-refractivity contribution is 0.656. The maximum Gasteiger partial charge on any atom is -0.0159 e. The minimum atomic E-state index is 0.848. The second-order valence-electron chi connectivity index (χ2n) is 4.43. The van der Waals surface area contributed by atoms with Crippen LogP contribution in [0.4, 0.5) is 0 Å². The van der Waals surface area contributed by atoms with Crippen LogP contribution in [-0.2, 0) is 12.8 Å². The minimum Gasteiger partial charge on any atom is -0.0651 e. The first-order valence-electron chi connectivity index (χ1n) is 5.96. The first kappa shape index (κ1) is 9.76. The van der Waals surface area contributed by atoms with Crippen LogP contribution in [0.2, 0.25) is 0 Å². The summed E-state index contributed by atoms with van der Waals surface area (Å²) in [5, 5.41) is 0. The fourth-order valence-electron chi connectivity index (χ4n) is 2.63. The molecule has 0 spiro atoms. The van der Waals surface area contributed by atoms with Gasteiger partial charge in [-0.25, -0.2) is 0 Å². The topological polar surface area (TPSA) is 0 Å². The summed E-state index contributed by atoms with van der Waals surface area (Å²) in [6, 6.07) is 7.15. The smallest absolute Gasteiger partial charge is 0.0159 e. The maximum absolute atomic E-state index is 2.44. The van der Waals surface area contributed by atoms with Gasteiger partial charge in [-0.1, -0.05) is 38.5 Å². The molecule has 0 N–H and O–H groups in total. The van der Waals surface area contributed by atoms with Crippen molar-refractivity contribution in [3.63, 3.8) is 0 Å². The van der Waals surface area contributed by atoms with E-state index in [0.29, 0.717) is 0 Å². The van der Waals surface area contributed by atoms with Gasteiger partial charge in [-0.3, -0.25) is 0 Å². The van der Waals surface area contributed by atoms with E-state index >= 15 is 0 Å². The van der Waals surface area contributed by atoms with Crippen molar-refractivity contribution in [2.24, 2.45) is 0 Å². The third kappa shape index (κ3) is 1.70. The van der Waals surface area contributed by atoms with Gasteiger partial charge in [-0.05, 0) is 48.3 Å². The van der Waals surface area contributed by atoms with Crippen molar-refractivity contribution < 1.29 is 0 Å². The van der Waals surface area contributed by atoms with Gasteiger partial charge < -0.3 is 0 Å². The second-order valence-corrected chi connectivity index (χ2v) is 4.43. The Morgan fingerprint density at radius 2 is 2.14 bits per heavy atom. The first-order valence-corrected chi connectivity index (χ1v) is 5.96. The lowest BCUT2D eigenvalue weighted by atomic mass is 9.97. The average Bonchev–Trinajstić information content (AvgIpc) is 2.60. The molecule has 14 heavy (non-hydrogen) atoms. The number of hydrogen-bond donors (Lipinski definition) is 0. The average molecular weight is 188 g/mol. The van der Waals surface area contributed by atoms with Crippen LogP contribution in [0.15, 0.2) is 18.2 Å². The monoisotopic (exact) mass is 188 g/mol. The zero-order valence-corrected chi connectivity index (χ0v) is 9.34. The Labute approximate surface area is 87.3 Å². The van der Waals surface area contributed by atoms with Gasteiger partial charge in [-0.15, -0.1) is 0 Å². The summed E-state index contributed by atoms with van der Waals surface area (Å²) < 4.78 is 0. The van der Waals surface area contributed by atoms with Gasteiger partial charge in [0.15, 0.2) is 0 Å². The molecule has 0 radical (unpaired) electrons. The van der Waals surface area contributed by atoms with E-state index in [-0.39, 0.29) is 0 Å². The van der Waals surface area contributed by atoms with E-state index in [4.69, 9.17) is 0 Å². The number of fused-ring (bicyclic) bond motifs is 1. The molecule has 1 aromatic carbocycles. The predicted octanol–water partition coefficient (Wildman–Crippen LogP) is 4.08. The summed E-state index contributed by atoms with van der Waals surface area (Å²) in [5.74, 6) is 0.848. The van der Waals surface area contributed by atoms with E-state index in [1.807, 2.05) is 0 Å². The van der Waals surface area contributed by atoms with Crippen LogP contribution < -0.4 is 0 Å². The summed E-state index contributed by atoms with van der Waals surface area (Å²) in [7, 11) is 0. The summed E-state index contributed by atoms with van der Waals surface area (Å²) in [4.78, 5) is 0. The van der Waals surface area contributed by atoms with Crippen molar-refractivity contribution >= 4 is 0 Å². The molecule has 2 rings (SSSR count). The van der Waals surface area contributed by atoms with E-state index < -0.39 is 0 Å². The molecule has 0 aliphatic heterocycles.